The number of hydrogen-bond donors (Lipinski definition) is 1. The molecular formula is C31H29F4N9O7S2. The Morgan fingerprint density at radius 2 is 1.30 bits per heavy atom. The lowest BCUT2D eigenvalue weighted by atomic mass is 10.1. The highest BCUT2D eigenvalue weighted by molar-refractivity contribution is 7.92. The van der Waals surface area contributed by atoms with Gasteiger partial charge >= 0.3 is 12.9 Å². The fourth-order valence-electron chi connectivity index (χ4n) is 4.21. The second-order valence-corrected chi connectivity index (χ2v) is 14.5. The summed E-state index contributed by atoms with van der Waals surface area (Å²) in [5.41, 5.74) is 2.01. The van der Waals surface area contributed by atoms with Crippen LogP contribution in [0.25, 0.3) is 11.5 Å². The van der Waals surface area contributed by atoms with E-state index in [0.717, 1.165) is 21.1 Å². The van der Waals surface area contributed by atoms with E-state index >= 15 is 0 Å². The van der Waals surface area contributed by atoms with Crippen molar-refractivity contribution in [3.05, 3.63) is 109 Å². The number of hydrogen-bond acceptors (Lipinski definition) is 13. The van der Waals surface area contributed by atoms with Crippen LogP contribution < -0.4 is 13.9 Å². The number of nitrogens with one attached hydrogen (secondary N) is 1. The maximum atomic E-state index is 12.5. The number of nitrogens with zero attached hydrogens (tertiary/aromatic N) is 8. The predicted molar refractivity (Wildman–Crippen MR) is 181 cm³/mol. The minimum atomic E-state index is -3.60. The molecule has 0 aliphatic carbocycles. The first-order valence-corrected chi connectivity index (χ1v) is 18.6. The van der Waals surface area contributed by atoms with Gasteiger partial charge in [-0.15, -0.1) is 10.2 Å². The summed E-state index contributed by atoms with van der Waals surface area (Å²) in [6, 6.07) is 12.3. The molecule has 0 saturated heterocycles. The number of anilines is 2. The van der Waals surface area contributed by atoms with Gasteiger partial charge in [-0.05, 0) is 48.5 Å². The Hall–Kier alpha value is -5.90. The van der Waals surface area contributed by atoms with Crippen molar-refractivity contribution in [3.63, 3.8) is 0 Å². The van der Waals surface area contributed by atoms with Gasteiger partial charge in [-0.3, -0.25) is 38.1 Å². The normalized spacial score (nSPS) is 11.5. The largest absolute Gasteiger partial charge is 0.415 e. The van der Waals surface area contributed by atoms with Gasteiger partial charge in [0.1, 0.15) is 0 Å². The van der Waals surface area contributed by atoms with E-state index in [2.05, 4.69) is 30.1 Å². The van der Waals surface area contributed by atoms with Gasteiger partial charge in [0, 0.05) is 30.4 Å². The highest BCUT2D eigenvalue weighted by Gasteiger charge is 2.22. The smallest absolute Gasteiger partial charge is 0.315 e. The van der Waals surface area contributed by atoms with Crippen molar-refractivity contribution in [2.75, 3.05) is 27.7 Å². The Labute approximate surface area is 300 Å². The van der Waals surface area contributed by atoms with Crippen LogP contribution in [-0.2, 0) is 37.9 Å². The standard InChI is InChI=1S/C16H16F2N4O4S.C15H13F2N5O3S/c1-27(25,26)22(13-3-2-6-19-8-13)10-12-5-4-11(7-20-12)14(23)9-21-16(24)15(17)18;1-26(23,24)22(12-3-2-6-18-8-12)9-11-5-4-10(7-19-11)14-20-21-15(25-14)13(16)17/h2-8,15H,9-10H2,1H3,(H,21,24);2-8,13H,9H2,1H3. The zero-order valence-electron chi connectivity index (χ0n) is 27.6. The van der Waals surface area contributed by atoms with Gasteiger partial charge in [-0.25, -0.2) is 16.8 Å². The van der Waals surface area contributed by atoms with E-state index in [1.54, 1.807) is 30.3 Å². The number of amides is 1. The molecule has 5 rings (SSSR count). The first-order chi connectivity index (χ1) is 25.0. The van der Waals surface area contributed by atoms with E-state index < -0.39 is 57.0 Å². The Kier molecular flexibility index (Phi) is 13.2. The fourth-order valence-corrected chi connectivity index (χ4v) is 5.93. The summed E-state index contributed by atoms with van der Waals surface area (Å²) in [6.45, 7) is -0.687. The number of halogens is 4. The number of carbonyl (C=O) groups excluding carboxylic acids is 2. The molecule has 0 aliphatic heterocycles. The third-order valence-corrected chi connectivity index (χ3v) is 9.03. The number of aromatic nitrogens is 6. The van der Waals surface area contributed by atoms with Gasteiger partial charge in [-0.2, -0.15) is 17.6 Å². The number of alkyl halides is 4. The maximum Gasteiger partial charge on any atom is 0.315 e. The van der Waals surface area contributed by atoms with Gasteiger partial charge in [-0.1, -0.05) is 0 Å². The van der Waals surface area contributed by atoms with Crippen LogP contribution >= 0.6 is 0 Å². The summed E-state index contributed by atoms with van der Waals surface area (Å²) < 4.78 is 104. The first-order valence-electron chi connectivity index (χ1n) is 14.9. The number of carbonyl (C=O) groups is 2. The van der Waals surface area contributed by atoms with Crippen LogP contribution in [0.2, 0.25) is 0 Å². The fraction of sp³-hybridized carbons (Fsp3) is 0.226. The van der Waals surface area contributed by atoms with E-state index in [1.165, 1.54) is 55.4 Å². The van der Waals surface area contributed by atoms with E-state index in [1.807, 2.05) is 5.32 Å². The molecule has 0 aromatic carbocycles. The summed E-state index contributed by atoms with van der Waals surface area (Å²) in [5, 5.41) is 8.59. The molecular weight excluding hydrogens is 751 g/mol. The third kappa shape index (κ3) is 11.6. The van der Waals surface area contributed by atoms with Crippen molar-refractivity contribution in [1.82, 2.24) is 35.5 Å². The molecule has 280 valence electrons. The Balaban J connectivity index is 0.000000237. The van der Waals surface area contributed by atoms with Crippen molar-refractivity contribution in [1.29, 1.82) is 0 Å². The van der Waals surface area contributed by atoms with Crippen molar-refractivity contribution in [2.45, 2.75) is 25.9 Å². The van der Waals surface area contributed by atoms with Crippen molar-refractivity contribution in [3.8, 4) is 11.5 Å². The zero-order valence-corrected chi connectivity index (χ0v) is 29.3. The van der Waals surface area contributed by atoms with Gasteiger partial charge < -0.3 is 9.73 Å². The number of Topliss-reactive ketones (excluding diaryl/α,β-unsaturated/α-hetero) is 1. The zero-order chi connectivity index (χ0) is 38.8. The van der Waals surface area contributed by atoms with E-state index in [0.29, 0.717) is 28.3 Å². The molecule has 0 fully saturated rings. The molecule has 0 radical (unpaired) electrons. The monoisotopic (exact) mass is 779 g/mol. The van der Waals surface area contributed by atoms with Crippen LogP contribution in [-0.4, -0.2) is 84.1 Å². The van der Waals surface area contributed by atoms with E-state index in [4.69, 9.17) is 4.42 Å². The maximum absolute atomic E-state index is 12.5. The predicted octanol–water partition coefficient (Wildman–Crippen LogP) is 3.44. The molecule has 53 heavy (non-hydrogen) atoms. The Bertz CT molecular complexity index is 2200. The molecule has 0 unspecified atom stereocenters. The lowest BCUT2D eigenvalue weighted by molar-refractivity contribution is -0.131. The van der Waals surface area contributed by atoms with Crippen LogP contribution in [0.1, 0.15) is 34.1 Å². The van der Waals surface area contributed by atoms with E-state index in [9.17, 15) is 44.0 Å². The lowest BCUT2D eigenvalue weighted by Gasteiger charge is -2.21. The van der Waals surface area contributed by atoms with Crippen molar-refractivity contribution >= 4 is 43.1 Å². The third-order valence-electron chi connectivity index (χ3n) is 6.75. The second-order valence-electron chi connectivity index (χ2n) is 10.7. The van der Waals surface area contributed by atoms with Crippen LogP contribution in [0.5, 0.6) is 0 Å². The van der Waals surface area contributed by atoms with Gasteiger partial charge in [0.15, 0.2) is 5.78 Å². The van der Waals surface area contributed by atoms with Crippen LogP contribution in [0.4, 0.5) is 28.9 Å². The number of ketones is 1. The van der Waals surface area contributed by atoms with Crippen molar-refractivity contribution in [2.24, 2.45) is 0 Å². The molecule has 16 nitrogen and oxygen atoms in total. The minimum Gasteiger partial charge on any atom is -0.415 e. The summed E-state index contributed by atoms with van der Waals surface area (Å²) in [6.07, 6.45) is 4.48. The molecule has 1 N–H and O–H groups in total. The lowest BCUT2D eigenvalue weighted by Crippen LogP contribution is -2.34. The summed E-state index contributed by atoms with van der Waals surface area (Å²) in [4.78, 5) is 38.6. The number of rotatable bonds is 14. The second kappa shape index (κ2) is 17.5. The Morgan fingerprint density at radius 1 is 0.755 bits per heavy atom. The average Bonchev–Trinajstić information content (AvgIpc) is 3.63. The summed E-state index contributed by atoms with van der Waals surface area (Å²) in [5.74, 6) is -3.00. The molecule has 0 saturated carbocycles. The number of pyridine rings is 4. The molecule has 5 aromatic rings. The van der Waals surface area contributed by atoms with Crippen LogP contribution in [0.15, 0.2) is 90.1 Å². The van der Waals surface area contributed by atoms with Gasteiger partial charge in [0.05, 0.1) is 72.9 Å². The highest BCUT2D eigenvalue weighted by atomic mass is 32.2. The molecule has 0 spiro atoms. The van der Waals surface area contributed by atoms with E-state index in [-0.39, 0.29) is 24.5 Å². The first kappa shape index (κ1) is 39.9. The van der Waals surface area contributed by atoms with Crippen LogP contribution in [0, 0.1) is 0 Å². The molecule has 0 atom stereocenters. The molecule has 22 heteroatoms. The summed E-state index contributed by atoms with van der Waals surface area (Å²) in [7, 11) is -7.16. The Morgan fingerprint density at radius 3 is 1.70 bits per heavy atom. The average molecular weight is 780 g/mol. The SMILES string of the molecule is CS(=O)(=O)N(Cc1ccc(-c2nnc(C(F)F)o2)cn1)c1cccnc1.CS(=O)(=O)N(Cc1ccc(C(=O)CNC(=O)C(F)F)cn1)c1cccnc1. The highest BCUT2D eigenvalue weighted by Crippen LogP contribution is 2.24. The molecule has 5 aromatic heterocycles. The quantitative estimate of drug-likeness (QED) is 0.127. The molecule has 1 amide bonds. The topological polar surface area (TPSA) is 211 Å². The molecule has 0 aliphatic rings. The number of sulfonamides is 2. The molecule has 0 bridgehead atoms. The van der Waals surface area contributed by atoms with Crippen LogP contribution in [0.3, 0.4) is 0 Å². The van der Waals surface area contributed by atoms with Crippen molar-refractivity contribution < 1.29 is 48.4 Å². The minimum absolute atomic E-state index is 0.0169. The summed E-state index contributed by atoms with van der Waals surface area (Å²) >= 11 is 0. The van der Waals surface area contributed by atoms with Gasteiger partial charge in [0.25, 0.3) is 11.8 Å². The van der Waals surface area contributed by atoms with Gasteiger partial charge in [0.2, 0.25) is 25.9 Å². The molecule has 5 heterocycles.